The molecule has 0 bridgehead atoms. The van der Waals surface area contributed by atoms with Crippen LogP contribution in [0.3, 0.4) is 0 Å². The van der Waals surface area contributed by atoms with E-state index in [1.807, 2.05) is 30.3 Å². The van der Waals surface area contributed by atoms with Crippen LogP contribution in [0.1, 0.15) is 71.1 Å². The number of nitrogens with one attached hydrogen (secondary N) is 1. The fourth-order valence-electron chi connectivity index (χ4n) is 3.43. The lowest BCUT2D eigenvalue weighted by Gasteiger charge is -2.11. The fourth-order valence-corrected chi connectivity index (χ4v) is 4.61. The summed E-state index contributed by atoms with van der Waals surface area (Å²) in [6.45, 7) is 2.23. The Bertz CT molecular complexity index is 819. The summed E-state index contributed by atoms with van der Waals surface area (Å²) in [5, 5.41) is 10.1. The van der Waals surface area contributed by atoms with Crippen LogP contribution in [-0.2, 0) is 10.0 Å². The molecule has 0 unspecified atom stereocenters. The molecule has 0 spiro atoms. The highest BCUT2D eigenvalue weighted by Gasteiger charge is 2.13. The molecule has 0 fully saturated rings. The first-order valence-corrected chi connectivity index (χ1v) is 12.6. The number of phenolic OH excluding ortho intramolecular Hbond substituents is 1. The molecular weight excluding hydrogens is 382 g/mol. The van der Waals surface area contributed by atoms with Crippen molar-refractivity contribution in [3.8, 4) is 16.9 Å². The van der Waals surface area contributed by atoms with Crippen molar-refractivity contribution in [1.82, 2.24) is 0 Å². The van der Waals surface area contributed by atoms with Gasteiger partial charge >= 0.3 is 0 Å². The van der Waals surface area contributed by atoms with E-state index in [1.54, 1.807) is 12.1 Å². The zero-order chi connectivity index (χ0) is 21.0. The number of anilines is 1. The molecule has 0 saturated carbocycles. The lowest BCUT2D eigenvalue weighted by molar-refractivity contribution is 0.477. The molecule has 160 valence electrons. The molecule has 4 nitrogen and oxygen atoms in total. The largest absolute Gasteiger partial charge is 0.506 e. The van der Waals surface area contributed by atoms with Crippen molar-refractivity contribution in [1.29, 1.82) is 0 Å². The van der Waals surface area contributed by atoms with Crippen LogP contribution < -0.4 is 4.72 Å². The van der Waals surface area contributed by atoms with Gasteiger partial charge in [-0.3, -0.25) is 4.72 Å². The number of hydrogen-bond donors (Lipinski definition) is 2. The number of phenols is 1. The highest BCUT2D eigenvalue weighted by molar-refractivity contribution is 7.92. The first-order chi connectivity index (χ1) is 14.0. The molecule has 0 aliphatic rings. The summed E-state index contributed by atoms with van der Waals surface area (Å²) < 4.78 is 27.4. The van der Waals surface area contributed by atoms with Crippen molar-refractivity contribution in [2.45, 2.75) is 71.1 Å². The molecule has 0 saturated heterocycles. The molecule has 0 heterocycles. The second kappa shape index (κ2) is 12.5. The first-order valence-electron chi connectivity index (χ1n) is 10.9. The van der Waals surface area contributed by atoms with Crippen LogP contribution in [0.4, 0.5) is 5.69 Å². The van der Waals surface area contributed by atoms with Gasteiger partial charge in [-0.25, -0.2) is 8.42 Å². The maximum Gasteiger partial charge on any atom is 0.232 e. The van der Waals surface area contributed by atoms with Gasteiger partial charge in [0.2, 0.25) is 10.0 Å². The van der Waals surface area contributed by atoms with Crippen molar-refractivity contribution in [2.24, 2.45) is 0 Å². The SMILES string of the molecule is CCCCCCCCCCCCS(=O)(=O)Nc1cc(-c2ccccc2)ccc1O. The van der Waals surface area contributed by atoms with Crippen LogP contribution in [0.2, 0.25) is 0 Å². The summed E-state index contributed by atoms with van der Waals surface area (Å²) >= 11 is 0. The second-order valence-corrected chi connectivity index (χ2v) is 9.54. The quantitative estimate of drug-likeness (QED) is 0.265. The fraction of sp³-hybridized carbons (Fsp3) is 0.500. The Balaban J connectivity index is 1.75. The Hall–Kier alpha value is -2.01. The van der Waals surface area contributed by atoms with Gasteiger partial charge in [0.05, 0.1) is 11.4 Å². The molecular formula is C24H35NO3S. The maximum atomic E-state index is 12.4. The Morgan fingerprint density at radius 1 is 0.759 bits per heavy atom. The number of aromatic hydroxyl groups is 1. The molecule has 5 heteroatoms. The van der Waals surface area contributed by atoms with E-state index in [4.69, 9.17) is 0 Å². The van der Waals surface area contributed by atoms with Crippen LogP contribution in [-0.4, -0.2) is 19.3 Å². The summed E-state index contributed by atoms with van der Waals surface area (Å²) in [5.41, 5.74) is 2.07. The van der Waals surface area contributed by atoms with Gasteiger partial charge < -0.3 is 5.11 Å². The lowest BCUT2D eigenvalue weighted by Crippen LogP contribution is -2.16. The predicted molar refractivity (Wildman–Crippen MR) is 123 cm³/mol. The number of unbranched alkanes of at least 4 members (excludes halogenated alkanes) is 9. The van der Waals surface area contributed by atoms with E-state index in [0.29, 0.717) is 6.42 Å². The topological polar surface area (TPSA) is 66.4 Å². The Labute approximate surface area is 176 Å². The van der Waals surface area contributed by atoms with Gasteiger partial charge in [0, 0.05) is 0 Å². The van der Waals surface area contributed by atoms with Gasteiger partial charge in [-0.2, -0.15) is 0 Å². The van der Waals surface area contributed by atoms with Crippen LogP contribution in [0.15, 0.2) is 48.5 Å². The third-order valence-corrected chi connectivity index (χ3v) is 6.49. The highest BCUT2D eigenvalue weighted by atomic mass is 32.2. The van der Waals surface area contributed by atoms with Crippen LogP contribution in [0.5, 0.6) is 5.75 Å². The van der Waals surface area contributed by atoms with Gasteiger partial charge in [0.25, 0.3) is 0 Å². The zero-order valence-corrected chi connectivity index (χ0v) is 18.4. The molecule has 2 aromatic carbocycles. The van der Waals surface area contributed by atoms with Crippen molar-refractivity contribution in [3.05, 3.63) is 48.5 Å². The number of rotatable bonds is 14. The minimum absolute atomic E-state index is 0.0590. The minimum atomic E-state index is -3.47. The van der Waals surface area contributed by atoms with Crippen LogP contribution in [0.25, 0.3) is 11.1 Å². The van der Waals surface area contributed by atoms with Crippen molar-refractivity contribution < 1.29 is 13.5 Å². The molecule has 0 amide bonds. The standard InChI is InChI=1S/C24H35NO3S/c1-2-3-4-5-6-7-8-9-10-14-19-29(27,28)25-23-20-22(17-18-24(23)26)21-15-12-11-13-16-21/h11-13,15-18,20,25-26H,2-10,14,19H2,1H3. The van der Waals surface area contributed by atoms with E-state index < -0.39 is 10.0 Å². The molecule has 0 aliphatic heterocycles. The average molecular weight is 418 g/mol. The van der Waals surface area contributed by atoms with E-state index >= 15 is 0 Å². The van der Waals surface area contributed by atoms with Gasteiger partial charge in [-0.05, 0) is 29.7 Å². The number of sulfonamides is 1. The lowest BCUT2D eigenvalue weighted by atomic mass is 10.1. The van der Waals surface area contributed by atoms with Gasteiger partial charge in [-0.1, -0.05) is 101 Å². The molecule has 0 atom stereocenters. The van der Waals surface area contributed by atoms with E-state index in [9.17, 15) is 13.5 Å². The second-order valence-electron chi connectivity index (χ2n) is 7.70. The van der Waals surface area contributed by atoms with E-state index in [0.717, 1.165) is 24.0 Å². The third-order valence-electron chi connectivity index (χ3n) is 5.14. The highest BCUT2D eigenvalue weighted by Crippen LogP contribution is 2.30. The summed E-state index contributed by atoms with van der Waals surface area (Å²) in [7, 11) is -3.47. The van der Waals surface area contributed by atoms with Crippen LogP contribution >= 0.6 is 0 Å². The smallest absolute Gasteiger partial charge is 0.232 e. The monoisotopic (exact) mass is 417 g/mol. The average Bonchev–Trinajstić information content (AvgIpc) is 2.71. The predicted octanol–water partition coefficient (Wildman–Crippen LogP) is 6.72. The number of hydrogen-bond acceptors (Lipinski definition) is 3. The number of benzene rings is 2. The van der Waals surface area contributed by atoms with Gasteiger partial charge in [0.1, 0.15) is 5.75 Å². The Kier molecular flexibility index (Phi) is 10.1. The molecule has 2 N–H and O–H groups in total. The maximum absolute atomic E-state index is 12.4. The molecule has 0 aliphatic carbocycles. The van der Waals surface area contributed by atoms with E-state index in [-0.39, 0.29) is 17.2 Å². The first kappa shape index (κ1) is 23.3. The molecule has 0 radical (unpaired) electrons. The van der Waals surface area contributed by atoms with Gasteiger partial charge in [0.15, 0.2) is 0 Å². The van der Waals surface area contributed by atoms with Gasteiger partial charge in [-0.15, -0.1) is 0 Å². The zero-order valence-electron chi connectivity index (χ0n) is 17.6. The summed E-state index contributed by atoms with van der Waals surface area (Å²) in [6.07, 6.45) is 11.6. The molecule has 29 heavy (non-hydrogen) atoms. The minimum Gasteiger partial charge on any atom is -0.506 e. The van der Waals surface area contributed by atoms with E-state index in [2.05, 4.69) is 11.6 Å². The normalized spacial score (nSPS) is 11.5. The van der Waals surface area contributed by atoms with Crippen molar-refractivity contribution >= 4 is 15.7 Å². The molecule has 2 aromatic rings. The summed E-state index contributed by atoms with van der Waals surface area (Å²) in [4.78, 5) is 0. The Morgan fingerprint density at radius 2 is 1.34 bits per heavy atom. The molecule has 0 aromatic heterocycles. The summed E-state index contributed by atoms with van der Waals surface area (Å²) in [6, 6.07) is 14.7. The van der Waals surface area contributed by atoms with Crippen LogP contribution in [0, 0.1) is 0 Å². The third kappa shape index (κ3) is 8.90. The Morgan fingerprint density at radius 3 is 1.97 bits per heavy atom. The van der Waals surface area contributed by atoms with E-state index in [1.165, 1.54) is 51.0 Å². The summed E-state index contributed by atoms with van der Waals surface area (Å²) in [5.74, 6) is 0.0229. The van der Waals surface area contributed by atoms with Crippen molar-refractivity contribution in [3.63, 3.8) is 0 Å². The van der Waals surface area contributed by atoms with Crippen molar-refractivity contribution in [2.75, 3.05) is 10.5 Å². The molecule has 2 rings (SSSR count).